The van der Waals surface area contributed by atoms with Crippen LogP contribution in [0.3, 0.4) is 0 Å². The zero-order valence-electron chi connectivity index (χ0n) is 15.8. The lowest BCUT2D eigenvalue weighted by molar-refractivity contribution is -0.122. The standard InChI is InChI=1S/C19H37N3O2/c1-4-15(2)19-18(24)8-6-5-7-9-21-10-11-22(13-16(3)23)17(14-21)12-20-19/h15-17,19-20,23H,4-14H2,1-3H3/t15?,16?,17-,19+/m1/s1. The number of piperazine rings is 1. The van der Waals surface area contributed by atoms with E-state index < -0.39 is 0 Å². The number of nitrogens with zero attached hydrogens (tertiary/aromatic N) is 2. The van der Waals surface area contributed by atoms with Crippen molar-refractivity contribution in [2.75, 3.05) is 39.3 Å². The predicted molar refractivity (Wildman–Crippen MR) is 98.2 cm³/mol. The molecule has 140 valence electrons. The fraction of sp³-hybridized carbons (Fsp3) is 0.947. The summed E-state index contributed by atoms with van der Waals surface area (Å²) in [6.45, 7) is 12.1. The van der Waals surface area contributed by atoms with Gasteiger partial charge in [0.05, 0.1) is 12.1 Å². The number of Topliss-reactive ketones (excluding diaryl/α,β-unsaturated/α-hetero) is 1. The van der Waals surface area contributed by atoms with Crippen molar-refractivity contribution in [2.24, 2.45) is 5.92 Å². The molecule has 2 bridgehead atoms. The molecule has 0 saturated carbocycles. The molecule has 0 aromatic heterocycles. The molecule has 0 amide bonds. The average molecular weight is 340 g/mol. The normalized spacial score (nSPS) is 33.3. The number of ketones is 1. The molecule has 3 unspecified atom stereocenters. The lowest BCUT2D eigenvalue weighted by atomic mass is 9.92. The molecule has 2 fully saturated rings. The summed E-state index contributed by atoms with van der Waals surface area (Å²) in [5.74, 6) is 0.769. The number of hydrogen-bond donors (Lipinski definition) is 2. The van der Waals surface area contributed by atoms with Gasteiger partial charge in [-0.05, 0) is 32.2 Å². The summed E-state index contributed by atoms with van der Waals surface area (Å²) in [6.07, 6.45) is 4.81. The first-order valence-electron chi connectivity index (χ1n) is 9.91. The molecule has 2 rings (SSSR count). The molecular formula is C19H37N3O2. The van der Waals surface area contributed by atoms with Gasteiger partial charge in [0, 0.05) is 45.2 Å². The van der Waals surface area contributed by atoms with E-state index in [1.165, 1.54) is 6.42 Å². The number of hydrogen-bond acceptors (Lipinski definition) is 5. The second-order valence-electron chi connectivity index (χ2n) is 7.85. The van der Waals surface area contributed by atoms with Crippen LogP contribution in [0.4, 0.5) is 0 Å². The molecule has 0 spiro atoms. The third-order valence-corrected chi connectivity index (χ3v) is 5.72. The van der Waals surface area contributed by atoms with Gasteiger partial charge in [-0.1, -0.05) is 26.7 Å². The van der Waals surface area contributed by atoms with E-state index in [0.29, 0.717) is 24.2 Å². The van der Waals surface area contributed by atoms with Crippen LogP contribution in [-0.4, -0.2) is 78.1 Å². The maximum absolute atomic E-state index is 12.6. The summed E-state index contributed by atoms with van der Waals surface area (Å²) in [6, 6.07) is 0.366. The minimum absolute atomic E-state index is 0.0156. The number of rotatable bonds is 4. The van der Waals surface area contributed by atoms with Crippen molar-refractivity contribution in [3.8, 4) is 0 Å². The number of carbonyl (C=O) groups excluding carboxylic acids is 1. The highest BCUT2D eigenvalue weighted by Crippen LogP contribution is 2.17. The number of aliphatic hydroxyl groups excluding tert-OH is 1. The summed E-state index contributed by atoms with van der Waals surface area (Å²) < 4.78 is 0. The Hall–Kier alpha value is -0.490. The van der Waals surface area contributed by atoms with Crippen molar-refractivity contribution in [1.82, 2.24) is 15.1 Å². The number of aliphatic hydroxyl groups is 1. The van der Waals surface area contributed by atoms with Crippen molar-refractivity contribution in [3.05, 3.63) is 0 Å². The zero-order valence-corrected chi connectivity index (χ0v) is 15.8. The molecule has 2 saturated heterocycles. The Kier molecular flexibility index (Phi) is 8.14. The molecule has 2 heterocycles. The van der Waals surface area contributed by atoms with Gasteiger partial charge < -0.3 is 15.3 Å². The number of β-amino-alcohol motifs (C(OH)–C–C–N with tert-alkyl or cyclic N) is 1. The summed E-state index contributed by atoms with van der Waals surface area (Å²) in [7, 11) is 0. The summed E-state index contributed by atoms with van der Waals surface area (Å²) in [4.78, 5) is 17.6. The SMILES string of the molecule is CCC(C)[C@@H]1NC[C@@H]2CN(CCCCCC1=O)CCN2CC(C)O. The largest absolute Gasteiger partial charge is 0.392 e. The third-order valence-electron chi connectivity index (χ3n) is 5.72. The van der Waals surface area contributed by atoms with Crippen molar-refractivity contribution >= 4 is 5.78 Å². The Bertz CT molecular complexity index is 389. The van der Waals surface area contributed by atoms with Crippen molar-refractivity contribution in [2.45, 2.75) is 71.1 Å². The Morgan fingerprint density at radius 2 is 2.00 bits per heavy atom. The van der Waals surface area contributed by atoms with Gasteiger partial charge in [0.1, 0.15) is 5.78 Å². The average Bonchev–Trinajstić information content (AvgIpc) is 2.54. The fourth-order valence-corrected chi connectivity index (χ4v) is 4.03. The lowest BCUT2D eigenvalue weighted by Crippen LogP contribution is -2.59. The van der Waals surface area contributed by atoms with E-state index in [-0.39, 0.29) is 12.1 Å². The van der Waals surface area contributed by atoms with Crippen molar-refractivity contribution in [3.63, 3.8) is 0 Å². The summed E-state index contributed by atoms with van der Waals surface area (Å²) in [5, 5.41) is 13.4. The second-order valence-corrected chi connectivity index (χ2v) is 7.85. The maximum atomic E-state index is 12.6. The highest BCUT2D eigenvalue weighted by molar-refractivity contribution is 5.84. The van der Waals surface area contributed by atoms with E-state index in [1.54, 1.807) is 0 Å². The summed E-state index contributed by atoms with van der Waals surface area (Å²) in [5.41, 5.74) is 0. The first-order valence-corrected chi connectivity index (χ1v) is 9.91. The van der Waals surface area contributed by atoms with Crippen LogP contribution in [0, 0.1) is 5.92 Å². The van der Waals surface area contributed by atoms with Crippen LogP contribution in [0.15, 0.2) is 0 Å². The third kappa shape index (κ3) is 5.80. The quantitative estimate of drug-likeness (QED) is 0.813. The van der Waals surface area contributed by atoms with Crippen LogP contribution in [0.1, 0.15) is 52.9 Å². The highest BCUT2D eigenvalue weighted by atomic mass is 16.3. The molecule has 5 atom stereocenters. The number of nitrogens with one attached hydrogen (secondary N) is 1. The van der Waals surface area contributed by atoms with E-state index in [1.807, 2.05) is 6.92 Å². The second kappa shape index (κ2) is 9.85. The van der Waals surface area contributed by atoms with Gasteiger partial charge in [0.2, 0.25) is 0 Å². The van der Waals surface area contributed by atoms with Crippen LogP contribution in [0.2, 0.25) is 0 Å². The predicted octanol–water partition coefficient (Wildman–Crippen LogP) is 1.50. The Balaban J connectivity index is 2.07. The molecule has 2 N–H and O–H groups in total. The van der Waals surface area contributed by atoms with E-state index in [9.17, 15) is 9.90 Å². The van der Waals surface area contributed by atoms with Crippen LogP contribution < -0.4 is 5.32 Å². The molecule has 2 aliphatic heterocycles. The van der Waals surface area contributed by atoms with Crippen LogP contribution in [-0.2, 0) is 4.79 Å². The van der Waals surface area contributed by atoms with E-state index in [4.69, 9.17) is 0 Å². The number of fused-ring (bicyclic) bond motifs is 2. The zero-order chi connectivity index (χ0) is 17.5. The summed E-state index contributed by atoms with van der Waals surface area (Å²) >= 11 is 0. The van der Waals surface area contributed by atoms with E-state index in [2.05, 4.69) is 29.0 Å². The van der Waals surface area contributed by atoms with Crippen molar-refractivity contribution in [1.29, 1.82) is 0 Å². The molecule has 0 aromatic carbocycles. The molecule has 5 nitrogen and oxygen atoms in total. The first kappa shape index (κ1) is 19.8. The van der Waals surface area contributed by atoms with Crippen LogP contribution in [0.5, 0.6) is 0 Å². The molecule has 0 aromatic rings. The van der Waals surface area contributed by atoms with Gasteiger partial charge in [0.25, 0.3) is 0 Å². The lowest BCUT2D eigenvalue weighted by Gasteiger charge is -2.43. The highest BCUT2D eigenvalue weighted by Gasteiger charge is 2.30. The van der Waals surface area contributed by atoms with Gasteiger partial charge >= 0.3 is 0 Å². The topological polar surface area (TPSA) is 55.8 Å². The molecule has 24 heavy (non-hydrogen) atoms. The van der Waals surface area contributed by atoms with Crippen LogP contribution in [0.25, 0.3) is 0 Å². The minimum Gasteiger partial charge on any atom is -0.392 e. The van der Waals surface area contributed by atoms with E-state index in [0.717, 1.165) is 58.5 Å². The van der Waals surface area contributed by atoms with Gasteiger partial charge in [-0.3, -0.25) is 9.69 Å². The maximum Gasteiger partial charge on any atom is 0.150 e. The number of carbonyl (C=O) groups is 1. The smallest absolute Gasteiger partial charge is 0.150 e. The molecule has 2 aliphatic rings. The van der Waals surface area contributed by atoms with Crippen molar-refractivity contribution < 1.29 is 9.90 Å². The minimum atomic E-state index is -0.301. The first-order chi connectivity index (χ1) is 11.5. The Labute approximate surface area is 147 Å². The molecule has 0 aliphatic carbocycles. The molecule has 0 radical (unpaired) electrons. The van der Waals surface area contributed by atoms with Gasteiger partial charge in [0.15, 0.2) is 0 Å². The Morgan fingerprint density at radius 1 is 1.21 bits per heavy atom. The van der Waals surface area contributed by atoms with Gasteiger partial charge in [-0.2, -0.15) is 0 Å². The molecule has 5 heteroatoms. The monoisotopic (exact) mass is 339 g/mol. The Morgan fingerprint density at radius 3 is 2.71 bits per heavy atom. The van der Waals surface area contributed by atoms with E-state index >= 15 is 0 Å². The fourth-order valence-electron chi connectivity index (χ4n) is 4.03. The van der Waals surface area contributed by atoms with Gasteiger partial charge in [-0.15, -0.1) is 0 Å². The van der Waals surface area contributed by atoms with Gasteiger partial charge in [-0.25, -0.2) is 0 Å². The molecular weight excluding hydrogens is 302 g/mol. The van der Waals surface area contributed by atoms with Crippen LogP contribution >= 0.6 is 0 Å².